The minimum absolute atomic E-state index is 0.0127. The van der Waals surface area contributed by atoms with Crippen LogP contribution >= 0.6 is 11.6 Å². The van der Waals surface area contributed by atoms with Crippen LogP contribution in [0.1, 0.15) is 24.0 Å². The van der Waals surface area contributed by atoms with Crippen LogP contribution < -0.4 is 27.7 Å². The van der Waals surface area contributed by atoms with E-state index in [9.17, 15) is 9.18 Å². The monoisotopic (exact) mass is 328 g/mol. The van der Waals surface area contributed by atoms with E-state index in [1.165, 1.54) is 12.1 Å². The smallest absolute Gasteiger partial charge is 0.237 e. The largest absolute Gasteiger partial charge is 0.351 e. The first-order valence-electron chi connectivity index (χ1n) is 6.80. The Balaban J connectivity index is 2.14. The Kier molecular flexibility index (Phi) is 5.53. The number of amides is 1. The third-order valence-electron chi connectivity index (χ3n) is 3.47. The molecule has 0 saturated carbocycles. The average molecular weight is 329 g/mol. The zero-order valence-electron chi connectivity index (χ0n) is 11.8. The van der Waals surface area contributed by atoms with Crippen LogP contribution in [-0.4, -0.2) is 24.3 Å². The van der Waals surface area contributed by atoms with E-state index in [1.807, 2.05) is 0 Å². The van der Waals surface area contributed by atoms with Gasteiger partial charge >= 0.3 is 0 Å². The molecule has 1 amide bonds. The molecule has 1 heterocycles. The number of nitrogens with zero attached hydrogens (tertiary/aromatic N) is 1. The normalized spacial score (nSPS) is 18.3. The molecule has 1 aliphatic heterocycles. The van der Waals surface area contributed by atoms with Gasteiger partial charge in [-0.2, -0.15) is 5.10 Å². The molecule has 0 radical (unpaired) electrons. The summed E-state index contributed by atoms with van der Waals surface area (Å²) in [5.74, 6) is 9.87. The Morgan fingerprint density at radius 1 is 1.55 bits per heavy atom. The van der Waals surface area contributed by atoms with Crippen LogP contribution in [0.15, 0.2) is 17.2 Å². The highest BCUT2D eigenvalue weighted by Crippen LogP contribution is 2.21. The fraction of sp³-hybridized carbons (Fsp3) is 0.385. The van der Waals surface area contributed by atoms with Crippen molar-refractivity contribution >= 4 is 23.3 Å². The van der Waals surface area contributed by atoms with Crippen LogP contribution in [0, 0.1) is 5.82 Å². The number of carbonyl (C=O) groups excluding carboxylic acids is 1. The zero-order valence-corrected chi connectivity index (χ0v) is 12.6. The average Bonchev–Trinajstić information content (AvgIpc) is 3.04. The van der Waals surface area contributed by atoms with Gasteiger partial charge in [0.15, 0.2) is 5.84 Å². The maximum atomic E-state index is 14.1. The molecule has 120 valence electrons. The van der Waals surface area contributed by atoms with Gasteiger partial charge in [0.25, 0.3) is 0 Å². The summed E-state index contributed by atoms with van der Waals surface area (Å²) < 4.78 is 14.1. The number of hydrazone groups is 1. The highest BCUT2D eigenvalue weighted by atomic mass is 35.5. The summed E-state index contributed by atoms with van der Waals surface area (Å²) in [6.45, 7) is 0.824. The minimum atomic E-state index is -0.599. The predicted molar refractivity (Wildman–Crippen MR) is 82.3 cm³/mol. The number of hydrazine groups is 1. The maximum Gasteiger partial charge on any atom is 0.237 e. The highest BCUT2D eigenvalue weighted by Gasteiger charge is 2.22. The molecular formula is C13H18ClFN6O. The van der Waals surface area contributed by atoms with E-state index >= 15 is 0 Å². The van der Waals surface area contributed by atoms with Crippen molar-refractivity contribution in [1.29, 1.82) is 0 Å². The van der Waals surface area contributed by atoms with Gasteiger partial charge in [0.1, 0.15) is 5.82 Å². The van der Waals surface area contributed by atoms with Crippen LogP contribution in [0.5, 0.6) is 0 Å². The molecule has 0 spiro atoms. The van der Waals surface area contributed by atoms with Crippen molar-refractivity contribution < 1.29 is 9.18 Å². The number of nitrogens with two attached hydrogens (primary N) is 2. The molecule has 1 aromatic rings. The number of carbonyl (C=O) groups is 1. The van der Waals surface area contributed by atoms with E-state index in [2.05, 4.69) is 21.2 Å². The molecule has 1 aliphatic rings. The van der Waals surface area contributed by atoms with E-state index in [4.69, 9.17) is 23.3 Å². The lowest BCUT2D eigenvalue weighted by atomic mass is 10.1. The Labute approximate surface area is 132 Å². The highest BCUT2D eigenvalue weighted by molar-refractivity contribution is 6.31. The lowest BCUT2D eigenvalue weighted by Gasteiger charge is -2.13. The molecule has 0 bridgehead atoms. The van der Waals surface area contributed by atoms with E-state index in [0.717, 1.165) is 19.4 Å². The maximum absolute atomic E-state index is 14.1. The number of benzene rings is 1. The van der Waals surface area contributed by atoms with Crippen molar-refractivity contribution in [2.75, 3.05) is 6.54 Å². The second-order valence-corrected chi connectivity index (χ2v) is 5.33. The van der Waals surface area contributed by atoms with E-state index in [-0.39, 0.29) is 34.9 Å². The number of halogens is 2. The number of hydrogen-bond donors (Lipinski definition) is 5. The fourth-order valence-electron chi connectivity index (χ4n) is 2.32. The van der Waals surface area contributed by atoms with Gasteiger partial charge in [-0.05, 0) is 31.5 Å². The molecule has 2 rings (SSSR count). The van der Waals surface area contributed by atoms with Gasteiger partial charge in [-0.15, -0.1) is 0 Å². The van der Waals surface area contributed by atoms with Gasteiger partial charge in [-0.25, -0.2) is 10.2 Å². The molecule has 9 heteroatoms. The van der Waals surface area contributed by atoms with E-state index in [1.54, 1.807) is 0 Å². The van der Waals surface area contributed by atoms with Gasteiger partial charge < -0.3 is 21.9 Å². The lowest BCUT2D eigenvalue weighted by Crippen LogP contribution is -2.40. The van der Waals surface area contributed by atoms with Gasteiger partial charge in [-0.1, -0.05) is 11.6 Å². The van der Waals surface area contributed by atoms with Gasteiger partial charge in [0.2, 0.25) is 5.91 Å². The Bertz CT molecular complexity index is 588. The second kappa shape index (κ2) is 7.39. The van der Waals surface area contributed by atoms with Gasteiger partial charge in [-0.3, -0.25) is 4.79 Å². The van der Waals surface area contributed by atoms with Gasteiger partial charge in [0, 0.05) is 17.7 Å². The summed E-state index contributed by atoms with van der Waals surface area (Å²) in [6.07, 6.45) is 1.72. The van der Waals surface area contributed by atoms with Crippen LogP contribution in [-0.2, 0) is 11.3 Å². The molecule has 1 fully saturated rings. The molecule has 0 aromatic heterocycles. The van der Waals surface area contributed by atoms with Crippen LogP contribution in [0.3, 0.4) is 0 Å². The second-order valence-electron chi connectivity index (χ2n) is 4.92. The topological polar surface area (TPSA) is 118 Å². The first kappa shape index (κ1) is 16.5. The number of rotatable bonds is 4. The standard InChI is InChI=1S/C13H18ClFN6O/c14-9-5-7(12(20-16)21-17)4-8(11(9)15)6-19-13(22)10-2-1-3-18-10/h4-5,10,18H,1-3,6,16-17H2,(H,19,22)(H,20,21). The summed E-state index contributed by atoms with van der Waals surface area (Å²) in [5, 5.41) is 9.11. The molecule has 22 heavy (non-hydrogen) atoms. The lowest BCUT2D eigenvalue weighted by molar-refractivity contribution is -0.122. The summed E-state index contributed by atoms with van der Waals surface area (Å²) in [5.41, 5.74) is 2.96. The molecule has 7 N–H and O–H groups in total. The van der Waals surface area contributed by atoms with Crippen molar-refractivity contribution in [1.82, 2.24) is 16.1 Å². The number of nitrogens with one attached hydrogen (secondary N) is 3. The summed E-state index contributed by atoms with van der Waals surface area (Å²) in [7, 11) is 0. The quantitative estimate of drug-likeness (QED) is 0.229. The fourth-order valence-corrected chi connectivity index (χ4v) is 2.56. The first-order valence-corrected chi connectivity index (χ1v) is 7.18. The molecular weight excluding hydrogens is 311 g/mol. The Morgan fingerprint density at radius 2 is 2.32 bits per heavy atom. The SMILES string of the molecule is N/N=C(/NN)c1cc(Cl)c(F)c(CNC(=O)C2CCCN2)c1. The number of hydrogen-bond acceptors (Lipinski definition) is 5. The predicted octanol–water partition coefficient (Wildman–Crippen LogP) is -0.0691. The first-order chi connectivity index (χ1) is 10.6. The Hall–Kier alpha value is -1.90. The summed E-state index contributed by atoms with van der Waals surface area (Å²) in [4.78, 5) is 11.9. The molecule has 0 aliphatic carbocycles. The molecule has 1 atom stereocenters. The third kappa shape index (κ3) is 3.65. The minimum Gasteiger partial charge on any atom is -0.351 e. The van der Waals surface area contributed by atoms with E-state index in [0.29, 0.717) is 5.56 Å². The van der Waals surface area contributed by atoms with Crippen LogP contribution in [0.25, 0.3) is 0 Å². The molecule has 1 aromatic carbocycles. The van der Waals surface area contributed by atoms with Crippen LogP contribution in [0.4, 0.5) is 4.39 Å². The summed E-state index contributed by atoms with van der Waals surface area (Å²) in [6, 6.07) is 2.61. The third-order valence-corrected chi connectivity index (χ3v) is 3.75. The zero-order chi connectivity index (χ0) is 16.1. The summed E-state index contributed by atoms with van der Waals surface area (Å²) >= 11 is 5.85. The molecule has 7 nitrogen and oxygen atoms in total. The van der Waals surface area contributed by atoms with E-state index < -0.39 is 5.82 Å². The Morgan fingerprint density at radius 3 is 2.91 bits per heavy atom. The van der Waals surface area contributed by atoms with Crippen molar-refractivity contribution in [3.8, 4) is 0 Å². The van der Waals surface area contributed by atoms with Gasteiger partial charge in [0.05, 0.1) is 11.1 Å². The van der Waals surface area contributed by atoms with Crippen molar-refractivity contribution in [2.24, 2.45) is 16.8 Å². The molecule has 1 unspecified atom stereocenters. The van der Waals surface area contributed by atoms with Crippen LogP contribution in [0.2, 0.25) is 5.02 Å². The van der Waals surface area contributed by atoms with Crippen molar-refractivity contribution in [3.05, 3.63) is 34.1 Å². The molecule has 1 saturated heterocycles. The number of amidine groups is 1. The van der Waals surface area contributed by atoms with Crippen molar-refractivity contribution in [2.45, 2.75) is 25.4 Å². The van der Waals surface area contributed by atoms with Crippen molar-refractivity contribution in [3.63, 3.8) is 0 Å².